The van der Waals surface area contributed by atoms with Gasteiger partial charge in [0.15, 0.2) is 0 Å². The second kappa shape index (κ2) is 7.96. The molecule has 1 saturated carbocycles. The van der Waals surface area contributed by atoms with Gasteiger partial charge in [0.25, 0.3) is 0 Å². The Morgan fingerprint density at radius 1 is 1.50 bits per heavy atom. The first-order chi connectivity index (χ1) is 7.72. The van der Waals surface area contributed by atoms with Gasteiger partial charge in [0.05, 0.1) is 12.4 Å². The van der Waals surface area contributed by atoms with E-state index in [9.17, 15) is 4.79 Å². The molecule has 4 heteroatoms. The van der Waals surface area contributed by atoms with Crippen molar-refractivity contribution in [2.45, 2.75) is 38.6 Å². The van der Waals surface area contributed by atoms with Crippen LogP contribution < -0.4 is 5.32 Å². The molecule has 0 saturated heterocycles. The molecule has 0 bridgehead atoms. The molecule has 0 radical (unpaired) electrons. The minimum absolute atomic E-state index is 0.181. The van der Waals surface area contributed by atoms with Crippen molar-refractivity contribution in [3.63, 3.8) is 0 Å². The molecule has 0 aliphatic heterocycles. The maximum atomic E-state index is 11.6. The van der Waals surface area contributed by atoms with Crippen molar-refractivity contribution >= 4 is 17.7 Å². The van der Waals surface area contributed by atoms with Crippen LogP contribution in [0, 0.1) is 5.92 Å². The molecule has 0 aromatic heterocycles. The molecule has 94 valence electrons. The summed E-state index contributed by atoms with van der Waals surface area (Å²) in [6, 6.07) is 0.416. The van der Waals surface area contributed by atoms with Crippen LogP contribution >= 0.6 is 11.8 Å². The number of methoxy groups -OCH3 is 1. The van der Waals surface area contributed by atoms with E-state index in [1.165, 1.54) is 12.8 Å². The monoisotopic (exact) mass is 245 g/mol. The van der Waals surface area contributed by atoms with E-state index in [-0.39, 0.29) is 5.91 Å². The Hall–Kier alpha value is -0.220. The zero-order valence-corrected chi connectivity index (χ0v) is 11.1. The zero-order chi connectivity index (χ0) is 11.8. The van der Waals surface area contributed by atoms with Gasteiger partial charge in [-0.05, 0) is 18.8 Å². The molecular formula is C12H23NO2S. The molecule has 1 aliphatic carbocycles. The average molecular weight is 245 g/mol. The highest BCUT2D eigenvalue weighted by Gasteiger charge is 2.19. The summed E-state index contributed by atoms with van der Waals surface area (Å²) in [4.78, 5) is 11.6. The molecule has 1 fully saturated rings. The Morgan fingerprint density at radius 3 is 3.00 bits per heavy atom. The number of carbonyl (C=O) groups excluding carboxylic acids is 1. The smallest absolute Gasteiger partial charge is 0.230 e. The molecule has 0 spiro atoms. The number of nitrogens with one attached hydrogen (secondary N) is 1. The molecule has 1 aliphatic rings. The van der Waals surface area contributed by atoms with E-state index in [1.54, 1.807) is 18.9 Å². The van der Waals surface area contributed by atoms with Crippen LogP contribution in [-0.2, 0) is 9.53 Å². The molecule has 0 unspecified atom stereocenters. The summed E-state index contributed by atoms with van der Waals surface area (Å²) < 4.78 is 4.94. The van der Waals surface area contributed by atoms with Gasteiger partial charge in [-0.25, -0.2) is 0 Å². The van der Waals surface area contributed by atoms with Gasteiger partial charge in [-0.1, -0.05) is 19.8 Å². The van der Waals surface area contributed by atoms with Gasteiger partial charge in [0, 0.05) is 18.9 Å². The van der Waals surface area contributed by atoms with E-state index >= 15 is 0 Å². The Morgan fingerprint density at radius 2 is 2.31 bits per heavy atom. The summed E-state index contributed by atoms with van der Waals surface area (Å²) in [5, 5.41) is 3.13. The molecule has 0 heterocycles. The van der Waals surface area contributed by atoms with E-state index in [2.05, 4.69) is 12.2 Å². The highest BCUT2D eigenvalue weighted by Crippen LogP contribution is 2.23. The fourth-order valence-electron chi connectivity index (χ4n) is 2.14. The number of ether oxygens (including phenoxy) is 1. The highest BCUT2D eigenvalue weighted by molar-refractivity contribution is 7.99. The lowest BCUT2D eigenvalue weighted by Crippen LogP contribution is -2.39. The van der Waals surface area contributed by atoms with Crippen LogP contribution in [0.1, 0.15) is 32.6 Å². The quantitative estimate of drug-likeness (QED) is 0.728. The van der Waals surface area contributed by atoms with Crippen LogP contribution in [-0.4, -0.2) is 37.2 Å². The molecule has 16 heavy (non-hydrogen) atoms. The van der Waals surface area contributed by atoms with E-state index in [0.29, 0.717) is 11.8 Å². The van der Waals surface area contributed by atoms with Crippen LogP contribution in [0.3, 0.4) is 0 Å². The molecule has 1 amide bonds. The number of rotatable bonds is 6. The van der Waals surface area contributed by atoms with Crippen molar-refractivity contribution < 1.29 is 9.53 Å². The predicted molar refractivity (Wildman–Crippen MR) is 68.8 cm³/mol. The van der Waals surface area contributed by atoms with Crippen LogP contribution in [0.25, 0.3) is 0 Å². The summed E-state index contributed by atoms with van der Waals surface area (Å²) in [5.74, 6) is 2.40. The second-order valence-corrected chi connectivity index (χ2v) is 5.69. The third kappa shape index (κ3) is 5.75. The molecule has 0 aromatic rings. The summed E-state index contributed by atoms with van der Waals surface area (Å²) in [5.41, 5.74) is 0. The summed E-state index contributed by atoms with van der Waals surface area (Å²) in [6.07, 6.45) is 4.87. The first kappa shape index (κ1) is 13.8. The lowest BCUT2D eigenvalue weighted by atomic mass is 9.87. The Bertz CT molecular complexity index is 211. The molecule has 2 atom stereocenters. The molecule has 3 nitrogen and oxygen atoms in total. The fraction of sp³-hybridized carbons (Fsp3) is 0.917. The number of hydrogen-bond donors (Lipinski definition) is 1. The van der Waals surface area contributed by atoms with Crippen LogP contribution in [0.15, 0.2) is 0 Å². The third-order valence-electron chi connectivity index (χ3n) is 2.97. The van der Waals surface area contributed by atoms with E-state index in [4.69, 9.17) is 4.74 Å². The third-order valence-corrected chi connectivity index (χ3v) is 3.89. The average Bonchev–Trinajstić information content (AvgIpc) is 2.24. The Labute approximate surface area is 103 Å². The van der Waals surface area contributed by atoms with Crippen molar-refractivity contribution in [2.75, 3.05) is 25.2 Å². The minimum atomic E-state index is 0.181. The van der Waals surface area contributed by atoms with Crippen molar-refractivity contribution in [3.8, 4) is 0 Å². The Kier molecular flexibility index (Phi) is 6.88. The Balaban J connectivity index is 2.08. The first-order valence-electron chi connectivity index (χ1n) is 6.08. The largest absolute Gasteiger partial charge is 0.384 e. The van der Waals surface area contributed by atoms with Gasteiger partial charge in [0.1, 0.15) is 0 Å². The lowest BCUT2D eigenvalue weighted by molar-refractivity contribution is -0.119. The summed E-state index contributed by atoms with van der Waals surface area (Å²) in [6.45, 7) is 2.99. The molecule has 1 N–H and O–H groups in total. The van der Waals surface area contributed by atoms with Crippen molar-refractivity contribution in [2.24, 2.45) is 5.92 Å². The van der Waals surface area contributed by atoms with Gasteiger partial charge in [-0.3, -0.25) is 4.79 Å². The molecular weight excluding hydrogens is 222 g/mol. The van der Waals surface area contributed by atoms with Gasteiger partial charge >= 0.3 is 0 Å². The standard InChI is InChI=1S/C12H23NO2S/c1-10-4-3-5-11(8-10)13-12(14)9-16-7-6-15-2/h10-11H,3-9H2,1-2H3,(H,13,14)/t10-,11-/m0/s1. The second-order valence-electron chi connectivity index (χ2n) is 4.58. The summed E-state index contributed by atoms with van der Waals surface area (Å²) in [7, 11) is 1.68. The maximum Gasteiger partial charge on any atom is 0.230 e. The molecule has 1 rings (SSSR count). The topological polar surface area (TPSA) is 38.3 Å². The number of thioether (sulfide) groups is 1. The van der Waals surface area contributed by atoms with E-state index < -0.39 is 0 Å². The van der Waals surface area contributed by atoms with Gasteiger partial charge in [0.2, 0.25) is 5.91 Å². The highest BCUT2D eigenvalue weighted by atomic mass is 32.2. The van der Waals surface area contributed by atoms with E-state index in [0.717, 1.165) is 31.1 Å². The molecule has 0 aromatic carbocycles. The summed E-state index contributed by atoms with van der Waals surface area (Å²) >= 11 is 1.64. The normalized spacial score (nSPS) is 25.4. The van der Waals surface area contributed by atoms with Crippen LogP contribution in [0.2, 0.25) is 0 Å². The predicted octanol–water partition coefficient (Wildman–Crippen LogP) is 2.06. The van der Waals surface area contributed by atoms with E-state index in [1.807, 2.05) is 0 Å². The van der Waals surface area contributed by atoms with Crippen LogP contribution in [0.4, 0.5) is 0 Å². The lowest BCUT2D eigenvalue weighted by Gasteiger charge is -2.27. The maximum absolute atomic E-state index is 11.6. The zero-order valence-electron chi connectivity index (χ0n) is 10.3. The number of carbonyl (C=O) groups is 1. The fourth-order valence-corrected chi connectivity index (χ4v) is 2.84. The van der Waals surface area contributed by atoms with Crippen molar-refractivity contribution in [1.82, 2.24) is 5.32 Å². The number of amides is 1. The van der Waals surface area contributed by atoms with Gasteiger partial charge in [-0.2, -0.15) is 0 Å². The van der Waals surface area contributed by atoms with Gasteiger partial charge < -0.3 is 10.1 Å². The minimum Gasteiger partial charge on any atom is -0.384 e. The van der Waals surface area contributed by atoms with Crippen LogP contribution in [0.5, 0.6) is 0 Å². The SMILES string of the molecule is COCCSCC(=O)N[C@H]1CCC[C@H](C)C1. The number of hydrogen-bond acceptors (Lipinski definition) is 3. The van der Waals surface area contributed by atoms with Crippen molar-refractivity contribution in [3.05, 3.63) is 0 Å². The van der Waals surface area contributed by atoms with Crippen molar-refractivity contribution in [1.29, 1.82) is 0 Å². The first-order valence-corrected chi connectivity index (χ1v) is 7.24. The van der Waals surface area contributed by atoms with Gasteiger partial charge in [-0.15, -0.1) is 11.8 Å².